The Labute approximate surface area is 72.0 Å². The van der Waals surface area contributed by atoms with Gasteiger partial charge in [0.2, 0.25) is 0 Å². The van der Waals surface area contributed by atoms with E-state index in [-0.39, 0.29) is 0 Å². The normalized spacial score (nSPS) is 9.91. The van der Waals surface area contributed by atoms with Crippen molar-refractivity contribution in [3.05, 3.63) is 23.8 Å². The summed E-state index contributed by atoms with van der Waals surface area (Å²) >= 11 is 4.12. The molecule has 1 rings (SSSR count). The van der Waals surface area contributed by atoms with Gasteiger partial charge in [0.15, 0.2) is 0 Å². The summed E-state index contributed by atoms with van der Waals surface area (Å²) < 4.78 is 0. The van der Waals surface area contributed by atoms with Gasteiger partial charge in [0.05, 0.1) is 0 Å². The van der Waals surface area contributed by atoms with Gasteiger partial charge in [-0.2, -0.15) is 12.6 Å². The highest BCUT2D eigenvalue weighted by Crippen LogP contribution is 2.19. The molecule has 0 saturated carbocycles. The SMILES string of the molecule is Nc1cccc(N)c1CCS. The second-order valence-corrected chi connectivity index (χ2v) is 2.84. The topological polar surface area (TPSA) is 52.0 Å². The zero-order valence-corrected chi connectivity index (χ0v) is 7.14. The van der Waals surface area contributed by atoms with E-state index in [9.17, 15) is 0 Å². The molecule has 0 bridgehead atoms. The predicted octanol–water partition coefficient (Wildman–Crippen LogP) is 1.32. The molecular weight excluding hydrogens is 156 g/mol. The van der Waals surface area contributed by atoms with Gasteiger partial charge in [-0.25, -0.2) is 0 Å². The van der Waals surface area contributed by atoms with Gasteiger partial charge >= 0.3 is 0 Å². The Morgan fingerprint density at radius 2 is 1.73 bits per heavy atom. The Bertz CT molecular complexity index is 228. The summed E-state index contributed by atoms with van der Waals surface area (Å²) in [6.07, 6.45) is 0.835. The van der Waals surface area contributed by atoms with Crippen LogP contribution in [-0.4, -0.2) is 5.75 Å². The van der Waals surface area contributed by atoms with Crippen molar-refractivity contribution in [2.45, 2.75) is 6.42 Å². The Hall–Kier alpha value is -0.830. The maximum Gasteiger partial charge on any atom is 0.0367 e. The molecule has 0 unspecified atom stereocenters. The minimum absolute atomic E-state index is 0.763. The second kappa shape index (κ2) is 3.53. The first kappa shape index (κ1) is 8.27. The number of nitrogens with two attached hydrogens (primary N) is 2. The van der Waals surface area contributed by atoms with Crippen LogP contribution in [0.2, 0.25) is 0 Å². The van der Waals surface area contributed by atoms with Crippen LogP contribution in [-0.2, 0) is 6.42 Å². The van der Waals surface area contributed by atoms with E-state index in [1.807, 2.05) is 18.2 Å². The maximum absolute atomic E-state index is 5.69. The van der Waals surface area contributed by atoms with E-state index in [1.54, 1.807) is 0 Å². The Balaban J connectivity index is 3.00. The minimum Gasteiger partial charge on any atom is -0.398 e. The lowest BCUT2D eigenvalue weighted by atomic mass is 10.1. The van der Waals surface area contributed by atoms with Crippen molar-refractivity contribution >= 4 is 24.0 Å². The molecule has 3 heteroatoms. The van der Waals surface area contributed by atoms with Crippen molar-refractivity contribution in [1.82, 2.24) is 0 Å². The molecule has 0 heterocycles. The van der Waals surface area contributed by atoms with Gasteiger partial charge in [-0.1, -0.05) is 6.07 Å². The fourth-order valence-electron chi connectivity index (χ4n) is 1.02. The van der Waals surface area contributed by atoms with Crippen molar-refractivity contribution in [3.8, 4) is 0 Å². The third-order valence-electron chi connectivity index (χ3n) is 1.61. The van der Waals surface area contributed by atoms with Crippen LogP contribution in [0.3, 0.4) is 0 Å². The number of hydrogen-bond acceptors (Lipinski definition) is 3. The molecule has 1 aromatic carbocycles. The molecule has 60 valence electrons. The molecule has 0 radical (unpaired) electrons. The van der Waals surface area contributed by atoms with Crippen LogP contribution in [0.1, 0.15) is 5.56 Å². The lowest BCUT2D eigenvalue weighted by Gasteiger charge is -2.06. The third kappa shape index (κ3) is 1.80. The van der Waals surface area contributed by atoms with Gasteiger partial charge < -0.3 is 11.5 Å². The van der Waals surface area contributed by atoms with Crippen molar-refractivity contribution in [2.24, 2.45) is 0 Å². The second-order valence-electron chi connectivity index (χ2n) is 2.39. The number of nitrogen functional groups attached to an aromatic ring is 2. The summed E-state index contributed by atoms with van der Waals surface area (Å²) in [5, 5.41) is 0. The molecule has 0 aliphatic carbocycles. The van der Waals surface area contributed by atoms with Crippen molar-refractivity contribution in [1.29, 1.82) is 0 Å². The maximum atomic E-state index is 5.69. The van der Waals surface area contributed by atoms with Crippen molar-refractivity contribution < 1.29 is 0 Å². The molecule has 0 spiro atoms. The monoisotopic (exact) mass is 168 g/mol. The quantitative estimate of drug-likeness (QED) is 0.461. The van der Waals surface area contributed by atoms with Crippen LogP contribution in [0.4, 0.5) is 11.4 Å². The van der Waals surface area contributed by atoms with Gasteiger partial charge in [-0.05, 0) is 29.9 Å². The average Bonchev–Trinajstić information content (AvgIpc) is 1.97. The number of benzene rings is 1. The molecule has 0 saturated heterocycles. The predicted molar refractivity (Wildman–Crippen MR) is 52.8 cm³/mol. The van der Waals surface area contributed by atoms with Crippen molar-refractivity contribution in [2.75, 3.05) is 17.2 Å². The highest BCUT2D eigenvalue weighted by Gasteiger charge is 2.00. The Morgan fingerprint density at radius 3 is 2.18 bits per heavy atom. The van der Waals surface area contributed by atoms with Crippen LogP contribution >= 0.6 is 12.6 Å². The van der Waals surface area contributed by atoms with E-state index in [0.29, 0.717) is 0 Å². The smallest absolute Gasteiger partial charge is 0.0367 e. The summed E-state index contributed by atoms with van der Waals surface area (Å²) in [4.78, 5) is 0. The Kier molecular flexibility index (Phi) is 2.65. The number of anilines is 2. The molecule has 2 nitrogen and oxygen atoms in total. The summed E-state index contributed by atoms with van der Waals surface area (Å²) in [5.74, 6) is 0.776. The standard InChI is InChI=1S/C8H12N2S/c9-7-2-1-3-8(10)6(7)4-5-11/h1-3,11H,4-5,9-10H2. The highest BCUT2D eigenvalue weighted by atomic mass is 32.1. The minimum atomic E-state index is 0.763. The Morgan fingerprint density at radius 1 is 1.18 bits per heavy atom. The largest absolute Gasteiger partial charge is 0.398 e. The molecule has 11 heavy (non-hydrogen) atoms. The summed E-state index contributed by atoms with van der Waals surface area (Å²) in [5.41, 5.74) is 13.9. The average molecular weight is 168 g/mol. The summed E-state index contributed by atoms with van der Waals surface area (Å²) in [6, 6.07) is 5.57. The van der Waals surface area contributed by atoms with E-state index in [0.717, 1.165) is 29.1 Å². The fourth-order valence-corrected chi connectivity index (χ4v) is 1.25. The van der Waals surface area contributed by atoms with E-state index in [4.69, 9.17) is 11.5 Å². The number of rotatable bonds is 2. The fraction of sp³-hybridized carbons (Fsp3) is 0.250. The zero-order valence-electron chi connectivity index (χ0n) is 6.25. The first-order chi connectivity index (χ1) is 5.25. The third-order valence-corrected chi connectivity index (χ3v) is 1.83. The molecule has 0 atom stereocenters. The van der Waals surface area contributed by atoms with Gasteiger partial charge in [0.25, 0.3) is 0 Å². The molecule has 0 fully saturated rings. The van der Waals surface area contributed by atoms with Crippen LogP contribution in [0.25, 0.3) is 0 Å². The molecule has 4 N–H and O–H groups in total. The molecule has 0 aromatic heterocycles. The first-order valence-corrected chi connectivity index (χ1v) is 4.12. The molecular formula is C8H12N2S. The zero-order chi connectivity index (χ0) is 8.27. The van der Waals surface area contributed by atoms with E-state index < -0.39 is 0 Å². The number of hydrogen-bond donors (Lipinski definition) is 3. The van der Waals surface area contributed by atoms with Gasteiger partial charge in [0.1, 0.15) is 0 Å². The van der Waals surface area contributed by atoms with E-state index in [1.165, 1.54) is 0 Å². The first-order valence-electron chi connectivity index (χ1n) is 3.49. The van der Waals surface area contributed by atoms with Crippen LogP contribution in [0.15, 0.2) is 18.2 Å². The lowest BCUT2D eigenvalue weighted by molar-refractivity contribution is 1.17. The molecule has 0 amide bonds. The van der Waals surface area contributed by atoms with E-state index in [2.05, 4.69) is 12.6 Å². The van der Waals surface area contributed by atoms with Gasteiger partial charge in [-0.3, -0.25) is 0 Å². The van der Waals surface area contributed by atoms with Crippen LogP contribution in [0.5, 0.6) is 0 Å². The molecule has 0 aliphatic rings. The molecule has 1 aromatic rings. The lowest BCUT2D eigenvalue weighted by Crippen LogP contribution is -2.00. The van der Waals surface area contributed by atoms with Gasteiger partial charge in [0, 0.05) is 11.4 Å². The van der Waals surface area contributed by atoms with Crippen LogP contribution in [0, 0.1) is 0 Å². The summed E-state index contributed by atoms with van der Waals surface area (Å²) in [6.45, 7) is 0. The van der Waals surface area contributed by atoms with Gasteiger partial charge in [-0.15, -0.1) is 0 Å². The van der Waals surface area contributed by atoms with E-state index >= 15 is 0 Å². The van der Waals surface area contributed by atoms with Crippen molar-refractivity contribution in [3.63, 3.8) is 0 Å². The summed E-state index contributed by atoms with van der Waals surface area (Å²) in [7, 11) is 0. The molecule has 0 aliphatic heterocycles. The number of thiol groups is 1. The highest BCUT2D eigenvalue weighted by molar-refractivity contribution is 7.80. The van der Waals surface area contributed by atoms with Crippen LogP contribution < -0.4 is 11.5 Å².